The van der Waals surface area contributed by atoms with E-state index in [1.165, 1.54) is 25.7 Å². The average molecular weight is 298 g/mol. The molecule has 2 rings (SSSR count). The van der Waals surface area contributed by atoms with Crippen LogP contribution < -0.4 is 10.6 Å². The van der Waals surface area contributed by atoms with Crippen molar-refractivity contribution in [2.45, 2.75) is 38.6 Å². The molecular formula is C13H20BrN3. The summed E-state index contributed by atoms with van der Waals surface area (Å²) in [6, 6.07) is 0.588. The van der Waals surface area contributed by atoms with Crippen molar-refractivity contribution >= 4 is 27.3 Å². The van der Waals surface area contributed by atoms with Crippen LogP contribution in [0.4, 0.5) is 11.4 Å². The van der Waals surface area contributed by atoms with E-state index in [0.717, 1.165) is 21.8 Å². The summed E-state index contributed by atoms with van der Waals surface area (Å²) in [4.78, 5) is 6.42. The molecule has 3 nitrogen and oxygen atoms in total. The van der Waals surface area contributed by atoms with Gasteiger partial charge in [0.1, 0.15) is 0 Å². The zero-order valence-electron chi connectivity index (χ0n) is 10.5. The maximum atomic E-state index is 6.04. The molecule has 0 bridgehead atoms. The van der Waals surface area contributed by atoms with Gasteiger partial charge in [0.15, 0.2) is 0 Å². The van der Waals surface area contributed by atoms with Crippen molar-refractivity contribution < 1.29 is 0 Å². The lowest BCUT2D eigenvalue weighted by atomic mass is 9.85. The van der Waals surface area contributed by atoms with Crippen LogP contribution in [0, 0.1) is 5.92 Å². The van der Waals surface area contributed by atoms with Crippen LogP contribution in [0.3, 0.4) is 0 Å². The highest BCUT2D eigenvalue weighted by atomic mass is 79.9. The summed E-state index contributed by atoms with van der Waals surface area (Å²) in [5.41, 5.74) is 7.87. The molecule has 0 saturated heterocycles. The molecule has 0 radical (unpaired) electrons. The maximum absolute atomic E-state index is 6.04. The van der Waals surface area contributed by atoms with E-state index in [0.29, 0.717) is 6.04 Å². The molecule has 0 aliphatic heterocycles. The van der Waals surface area contributed by atoms with Gasteiger partial charge in [0.05, 0.1) is 22.0 Å². The SMILES string of the molecule is CC1CCCCC1N(C)c1c(N)cncc1Br. The molecule has 17 heavy (non-hydrogen) atoms. The van der Waals surface area contributed by atoms with Crippen molar-refractivity contribution in [2.24, 2.45) is 5.92 Å². The quantitative estimate of drug-likeness (QED) is 0.909. The van der Waals surface area contributed by atoms with Crippen molar-refractivity contribution in [1.29, 1.82) is 0 Å². The number of pyridine rings is 1. The summed E-state index contributed by atoms with van der Waals surface area (Å²) in [5.74, 6) is 0.730. The fraction of sp³-hybridized carbons (Fsp3) is 0.615. The number of hydrogen-bond acceptors (Lipinski definition) is 3. The highest BCUT2D eigenvalue weighted by Gasteiger charge is 2.27. The van der Waals surface area contributed by atoms with Gasteiger partial charge in [-0.3, -0.25) is 4.98 Å². The van der Waals surface area contributed by atoms with Crippen LogP contribution in [0.2, 0.25) is 0 Å². The summed E-state index contributed by atoms with van der Waals surface area (Å²) in [7, 11) is 2.14. The van der Waals surface area contributed by atoms with E-state index >= 15 is 0 Å². The van der Waals surface area contributed by atoms with Crippen molar-refractivity contribution in [2.75, 3.05) is 17.7 Å². The Morgan fingerprint density at radius 1 is 1.35 bits per heavy atom. The van der Waals surface area contributed by atoms with E-state index in [2.05, 4.69) is 39.8 Å². The normalized spacial score (nSPS) is 24.6. The van der Waals surface area contributed by atoms with Crippen molar-refractivity contribution in [3.63, 3.8) is 0 Å². The van der Waals surface area contributed by atoms with Gasteiger partial charge in [0.25, 0.3) is 0 Å². The summed E-state index contributed by atoms with van der Waals surface area (Å²) in [6.07, 6.45) is 8.80. The van der Waals surface area contributed by atoms with Crippen LogP contribution in [0.25, 0.3) is 0 Å². The number of halogens is 1. The lowest BCUT2D eigenvalue weighted by Gasteiger charge is -2.38. The predicted molar refractivity (Wildman–Crippen MR) is 76.2 cm³/mol. The Balaban J connectivity index is 2.26. The van der Waals surface area contributed by atoms with Crippen molar-refractivity contribution in [3.05, 3.63) is 16.9 Å². The molecule has 0 spiro atoms. The van der Waals surface area contributed by atoms with Crippen LogP contribution >= 0.6 is 15.9 Å². The van der Waals surface area contributed by atoms with Gasteiger partial charge in [-0.1, -0.05) is 19.8 Å². The Bertz CT molecular complexity index is 374. The maximum Gasteiger partial charge on any atom is 0.0776 e. The highest BCUT2D eigenvalue weighted by molar-refractivity contribution is 9.10. The Hall–Kier alpha value is -0.770. The van der Waals surface area contributed by atoms with E-state index in [4.69, 9.17) is 5.73 Å². The first-order valence-electron chi connectivity index (χ1n) is 6.23. The van der Waals surface area contributed by atoms with E-state index < -0.39 is 0 Å². The van der Waals surface area contributed by atoms with Crippen LogP contribution in [0.5, 0.6) is 0 Å². The molecule has 1 saturated carbocycles. The zero-order chi connectivity index (χ0) is 12.4. The number of hydrogen-bond donors (Lipinski definition) is 1. The molecule has 1 aromatic rings. The molecule has 1 heterocycles. The summed E-state index contributed by atoms with van der Waals surface area (Å²) < 4.78 is 0.984. The van der Waals surface area contributed by atoms with Gasteiger partial charge in [-0.25, -0.2) is 0 Å². The van der Waals surface area contributed by atoms with Crippen molar-refractivity contribution in [3.8, 4) is 0 Å². The number of nitrogens with zero attached hydrogens (tertiary/aromatic N) is 2. The monoisotopic (exact) mass is 297 g/mol. The van der Waals surface area contributed by atoms with Gasteiger partial charge >= 0.3 is 0 Å². The Morgan fingerprint density at radius 3 is 2.71 bits per heavy atom. The second-order valence-electron chi connectivity index (χ2n) is 5.00. The first-order chi connectivity index (χ1) is 8.11. The molecule has 1 aromatic heterocycles. The first kappa shape index (κ1) is 12.7. The van der Waals surface area contributed by atoms with Gasteiger partial charge < -0.3 is 10.6 Å². The van der Waals surface area contributed by atoms with Gasteiger partial charge in [-0.05, 0) is 34.7 Å². The molecule has 1 aliphatic rings. The van der Waals surface area contributed by atoms with E-state index in [1.54, 1.807) is 6.20 Å². The topological polar surface area (TPSA) is 42.1 Å². The number of anilines is 2. The minimum Gasteiger partial charge on any atom is -0.396 e. The standard InChI is InChI=1S/C13H20BrN3/c1-9-5-3-4-6-12(9)17(2)13-10(14)7-16-8-11(13)15/h7-9,12H,3-6,15H2,1-2H3. The fourth-order valence-electron chi connectivity index (χ4n) is 2.85. The summed E-state index contributed by atoms with van der Waals surface area (Å²) in [6.45, 7) is 2.34. The lowest BCUT2D eigenvalue weighted by molar-refractivity contribution is 0.321. The minimum absolute atomic E-state index is 0.588. The third-order valence-electron chi connectivity index (χ3n) is 3.82. The smallest absolute Gasteiger partial charge is 0.0776 e. The summed E-state index contributed by atoms with van der Waals surface area (Å²) >= 11 is 3.55. The van der Waals surface area contributed by atoms with Crippen LogP contribution in [0.1, 0.15) is 32.6 Å². The van der Waals surface area contributed by atoms with Crippen LogP contribution in [-0.4, -0.2) is 18.1 Å². The molecule has 0 aromatic carbocycles. The Kier molecular flexibility index (Phi) is 3.92. The second kappa shape index (κ2) is 5.25. The molecule has 2 unspecified atom stereocenters. The average Bonchev–Trinajstić information content (AvgIpc) is 2.29. The minimum atomic E-state index is 0.588. The molecule has 94 valence electrons. The fourth-order valence-corrected chi connectivity index (χ4v) is 3.48. The third kappa shape index (κ3) is 2.57. The number of rotatable bonds is 2. The first-order valence-corrected chi connectivity index (χ1v) is 7.02. The molecule has 4 heteroatoms. The molecule has 1 aliphatic carbocycles. The van der Waals surface area contributed by atoms with E-state index in [-0.39, 0.29) is 0 Å². The zero-order valence-corrected chi connectivity index (χ0v) is 12.1. The summed E-state index contributed by atoms with van der Waals surface area (Å²) in [5, 5.41) is 0. The van der Waals surface area contributed by atoms with E-state index in [9.17, 15) is 0 Å². The van der Waals surface area contributed by atoms with Gasteiger partial charge in [-0.2, -0.15) is 0 Å². The molecule has 0 amide bonds. The molecular weight excluding hydrogens is 278 g/mol. The molecule has 1 fully saturated rings. The Labute approximate surface area is 112 Å². The van der Waals surface area contributed by atoms with Crippen molar-refractivity contribution in [1.82, 2.24) is 4.98 Å². The van der Waals surface area contributed by atoms with Gasteiger partial charge in [0.2, 0.25) is 0 Å². The number of nitrogen functional groups attached to an aromatic ring is 1. The highest BCUT2D eigenvalue weighted by Crippen LogP contribution is 2.36. The molecule has 2 atom stereocenters. The lowest BCUT2D eigenvalue weighted by Crippen LogP contribution is -2.39. The largest absolute Gasteiger partial charge is 0.396 e. The number of aromatic nitrogens is 1. The van der Waals surface area contributed by atoms with Crippen LogP contribution in [-0.2, 0) is 0 Å². The van der Waals surface area contributed by atoms with Gasteiger partial charge in [0, 0.05) is 19.3 Å². The van der Waals surface area contributed by atoms with Gasteiger partial charge in [-0.15, -0.1) is 0 Å². The predicted octanol–water partition coefficient (Wildman–Crippen LogP) is 3.44. The van der Waals surface area contributed by atoms with Crippen LogP contribution in [0.15, 0.2) is 16.9 Å². The van der Waals surface area contributed by atoms with E-state index in [1.807, 2.05) is 6.20 Å². The third-order valence-corrected chi connectivity index (χ3v) is 4.40. The molecule has 2 N–H and O–H groups in total. The second-order valence-corrected chi connectivity index (χ2v) is 5.85. The number of nitrogens with two attached hydrogens (primary N) is 1. The Morgan fingerprint density at radius 2 is 2.06 bits per heavy atom.